The molecule has 0 spiro atoms. The third-order valence-corrected chi connectivity index (χ3v) is 2.67. The lowest BCUT2D eigenvalue weighted by Gasteiger charge is -2.18. The van der Waals surface area contributed by atoms with E-state index in [1.807, 2.05) is 0 Å². The third-order valence-electron chi connectivity index (χ3n) is 2.67. The highest BCUT2D eigenvalue weighted by Crippen LogP contribution is 2.20. The molecule has 0 radical (unpaired) electrons. The van der Waals surface area contributed by atoms with E-state index in [-0.39, 0.29) is 5.97 Å². The van der Waals surface area contributed by atoms with Crippen molar-refractivity contribution in [1.29, 1.82) is 0 Å². The molecule has 0 bridgehead atoms. The number of hydrogen-bond acceptors (Lipinski definition) is 3. The van der Waals surface area contributed by atoms with Crippen LogP contribution in [0.25, 0.3) is 0 Å². The maximum atomic E-state index is 11.0. The van der Waals surface area contributed by atoms with Crippen LogP contribution in [0.15, 0.2) is 35.6 Å². The molecule has 0 fully saturated rings. The lowest BCUT2D eigenvalue weighted by molar-refractivity contribution is -0.139. The number of carbonyl (C=O) groups is 1. The van der Waals surface area contributed by atoms with Gasteiger partial charge in [0, 0.05) is 6.42 Å². The van der Waals surface area contributed by atoms with Gasteiger partial charge in [-0.05, 0) is 17.9 Å². The number of cyclic esters (lactones) is 1. The van der Waals surface area contributed by atoms with E-state index in [2.05, 4.69) is 25.2 Å². The van der Waals surface area contributed by atoms with Gasteiger partial charge in [0.15, 0.2) is 0 Å². The zero-order valence-corrected chi connectivity index (χ0v) is 9.44. The second kappa shape index (κ2) is 5.01. The van der Waals surface area contributed by atoms with Crippen molar-refractivity contribution >= 4 is 5.97 Å². The van der Waals surface area contributed by atoms with Gasteiger partial charge in [-0.2, -0.15) is 0 Å². The molecule has 0 aromatic rings. The largest absolute Gasteiger partial charge is 0.493 e. The molecule has 0 unspecified atom stereocenters. The lowest BCUT2D eigenvalue weighted by Crippen LogP contribution is -2.13. The Morgan fingerprint density at radius 1 is 1.56 bits per heavy atom. The van der Waals surface area contributed by atoms with Gasteiger partial charge in [0.1, 0.15) is 12.4 Å². The molecule has 1 aliphatic heterocycles. The predicted molar refractivity (Wildman–Crippen MR) is 60.6 cm³/mol. The molecule has 1 atom stereocenters. The number of hydrogen-bond donors (Lipinski definition) is 0. The Hall–Kier alpha value is -1.51. The van der Waals surface area contributed by atoms with Crippen LogP contribution in [0.2, 0.25) is 0 Å². The smallest absolute Gasteiger partial charge is 0.334 e. The number of ether oxygens (including phenoxy) is 2. The van der Waals surface area contributed by atoms with Crippen molar-refractivity contribution in [2.24, 2.45) is 5.92 Å². The third kappa shape index (κ3) is 2.99. The Labute approximate surface area is 95.4 Å². The van der Waals surface area contributed by atoms with Crippen LogP contribution in [-0.2, 0) is 14.3 Å². The molecule has 0 aromatic heterocycles. The molecule has 0 aromatic carbocycles. The molecular weight excluding hydrogens is 204 g/mol. The van der Waals surface area contributed by atoms with E-state index in [1.165, 1.54) is 11.6 Å². The standard InChI is InChI=1S/C13H16O3/c1-10-3-2-4-11(7-10)9-16-12-5-6-15-13(14)8-12/h2-4,8,10H,5-7,9H2,1H3/t10-/m0/s1. The highest BCUT2D eigenvalue weighted by molar-refractivity contribution is 5.83. The van der Waals surface area contributed by atoms with E-state index in [0.717, 1.165) is 12.2 Å². The van der Waals surface area contributed by atoms with Crippen molar-refractivity contribution in [2.45, 2.75) is 19.8 Å². The molecule has 16 heavy (non-hydrogen) atoms. The van der Waals surface area contributed by atoms with E-state index in [4.69, 9.17) is 9.47 Å². The van der Waals surface area contributed by atoms with Gasteiger partial charge in [-0.15, -0.1) is 0 Å². The summed E-state index contributed by atoms with van der Waals surface area (Å²) in [5, 5.41) is 0. The summed E-state index contributed by atoms with van der Waals surface area (Å²) in [4.78, 5) is 11.0. The quantitative estimate of drug-likeness (QED) is 0.685. The summed E-state index contributed by atoms with van der Waals surface area (Å²) in [5.41, 5.74) is 1.27. The number of allylic oxidation sites excluding steroid dienone is 3. The minimum absolute atomic E-state index is 0.299. The number of esters is 1. The topological polar surface area (TPSA) is 35.5 Å². The maximum absolute atomic E-state index is 11.0. The summed E-state index contributed by atoms with van der Waals surface area (Å²) in [7, 11) is 0. The summed E-state index contributed by atoms with van der Waals surface area (Å²) < 4.78 is 10.4. The fourth-order valence-corrected chi connectivity index (χ4v) is 1.83. The predicted octanol–water partition coefficient (Wildman–Crippen LogP) is 2.36. The van der Waals surface area contributed by atoms with Crippen molar-refractivity contribution in [3.05, 3.63) is 35.6 Å². The van der Waals surface area contributed by atoms with Crippen LogP contribution in [0.4, 0.5) is 0 Å². The molecule has 0 saturated heterocycles. The van der Waals surface area contributed by atoms with Crippen LogP contribution in [0.1, 0.15) is 19.8 Å². The van der Waals surface area contributed by atoms with Crippen LogP contribution in [-0.4, -0.2) is 19.2 Å². The molecule has 0 amide bonds. The first-order chi connectivity index (χ1) is 7.74. The molecular formula is C13H16O3. The Kier molecular flexibility index (Phi) is 3.44. The molecule has 2 aliphatic rings. The first-order valence-electron chi connectivity index (χ1n) is 5.60. The van der Waals surface area contributed by atoms with Gasteiger partial charge in [-0.3, -0.25) is 0 Å². The Bertz CT molecular complexity index is 363. The van der Waals surface area contributed by atoms with Crippen LogP contribution < -0.4 is 0 Å². The highest BCUT2D eigenvalue weighted by atomic mass is 16.5. The normalized spacial score (nSPS) is 24.6. The minimum Gasteiger partial charge on any atom is -0.493 e. The summed E-state index contributed by atoms with van der Waals surface area (Å²) in [6, 6.07) is 0. The van der Waals surface area contributed by atoms with Crippen LogP contribution >= 0.6 is 0 Å². The molecule has 0 saturated carbocycles. The van der Waals surface area contributed by atoms with E-state index >= 15 is 0 Å². The second-order valence-electron chi connectivity index (χ2n) is 4.21. The van der Waals surface area contributed by atoms with Crippen molar-refractivity contribution in [3.8, 4) is 0 Å². The van der Waals surface area contributed by atoms with Crippen molar-refractivity contribution in [3.63, 3.8) is 0 Å². The Balaban J connectivity index is 1.85. The highest BCUT2D eigenvalue weighted by Gasteiger charge is 2.13. The van der Waals surface area contributed by atoms with E-state index in [0.29, 0.717) is 25.6 Å². The Morgan fingerprint density at radius 3 is 3.19 bits per heavy atom. The van der Waals surface area contributed by atoms with E-state index in [1.54, 1.807) is 0 Å². The average Bonchev–Trinajstić information content (AvgIpc) is 2.27. The molecule has 3 nitrogen and oxygen atoms in total. The van der Waals surface area contributed by atoms with Crippen LogP contribution in [0.3, 0.4) is 0 Å². The van der Waals surface area contributed by atoms with Crippen molar-refractivity contribution in [2.75, 3.05) is 13.2 Å². The fourth-order valence-electron chi connectivity index (χ4n) is 1.83. The first-order valence-corrected chi connectivity index (χ1v) is 5.60. The van der Waals surface area contributed by atoms with Crippen LogP contribution in [0.5, 0.6) is 0 Å². The number of carbonyl (C=O) groups excluding carboxylic acids is 1. The van der Waals surface area contributed by atoms with Crippen LogP contribution in [0, 0.1) is 5.92 Å². The van der Waals surface area contributed by atoms with Gasteiger partial charge in [-0.25, -0.2) is 4.79 Å². The summed E-state index contributed by atoms with van der Waals surface area (Å²) in [6.07, 6.45) is 9.49. The summed E-state index contributed by atoms with van der Waals surface area (Å²) in [5.74, 6) is 1.01. The van der Waals surface area contributed by atoms with E-state index in [9.17, 15) is 4.79 Å². The van der Waals surface area contributed by atoms with Gasteiger partial charge >= 0.3 is 5.97 Å². The second-order valence-corrected chi connectivity index (χ2v) is 4.21. The molecule has 2 rings (SSSR count). The average molecular weight is 220 g/mol. The summed E-state index contributed by atoms with van der Waals surface area (Å²) >= 11 is 0. The van der Waals surface area contributed by atoms with Crippen molar-refractivity contribution < 1.29 is 14.3 Å². The number of rotatable bonds is 3. The lowest BCUT2D eigenvalue weighted by atomic mass is 9.97. The maximum Gasteiger partial charge on any atom is 0.334 e. The molecule has 86 valence electrons. The van der Waals surface area contributed by atoms with Gasteiger partial charge in [0.2, 0.25) is 0 Å². The minimum atomic E-state index is -0.299. The van der Waals surface area contributed by atoms with Gasteiger partial charge in [-0.1, -0.05) is 25.2 Å². The van der Waals surface area contributed by atoms with Gasteiger partial charge in [0.25, 0.3) is 0 Å². The van der Waals surface area contributed by atoms with Gasteiger partial charge < -0.3 is 9.47 Å². The zero-order chi connectivity index (χ0) is 11.4. The Morgan fingerprint density at radius 2 is 2.44 bits per heavy atom. The van der Waals surface area contributed by atoms with Gasteiger partial charge in [0.05, 0.1) is 12.7 Å². The molecule has 0 N–H and O–H groups in total. The molecule has 3 heteroatoms. The SMILES string of the molecule is C[C@H]1C=CC=C(COC2=CC(=O)OCC2)C1. The zero-order valence-electron chi connectivity index (χ0n) is 9.44. The summed E-state index contributed by atoms with van der Waals surface area (Å²) in [6.45, 7) is 3.19. The molecule has 1 heterocycles. The van der Waals surface area contributed by atoms with E-state index < -0.39 is 0 Å². The monoisotopic (exact) mass is 220 g/mol. The first kappa shape index (κ1) is 11.0. The fraction of sp³-hybridized carbons (Fsp3) is 0.462. The van der Waals surface area contributed by atoms with Crippen molar-refractivity contribution in [1.82, 2.24) is 0 Å². The molecule has 1 aliphatic carbocycles.